The normalized spacial score (nSPS) is 27.0. The van der Waals surface area contributed by atoms with E-state index >= 15 is 0 Å². The Kier molecular flexibility index (Phi) is 5.77. The van der Waals surface area contributed by atoms with E-state index in [2.05, 4.69) is 38.1 Å². The van der Waals surface area contributed by atoms with Gasteiger partial charge < -0.3 is 19.3 Å². The minimum absolute atomic E-state index is 0.161. The van der Waals surface area contributed by atoms with Crippen molar-refractivity contribution in [2.75, 3.05) is 46.9 Å². The van der Waals surface area contributed by atoms with Crippen molar-refractivity contribution in [1.82, 2.24) is 9.80 Å². The Morgan fingerprint density at radius 1 is 1.32 bits per heavy atom. The number of benzene rings is 1. The van der Waals surface area contributed by atoms with Crippen molar-refractivity contribution >= 4 is 5.91 Å². The van der Waals surface area contributed by atoms with Gasteiger partial charge in [0.15, 0.2) is 0 Å². The zero-order chi connectivity index (χ0) is 17.9. The highest BCUT2D eigenvalue weighted by Gasteiger charge is 2.43. The fourth-order valence-electron chi connectivity index (χ4n) is 3.76. The van der Waals surface area contributed by atoms with E-state index in [1.54, 1.807) is 0 Å². The topological polar surface area (TPSA) is 42.0 Å². The van der Waals surface area contributed by atoms with Crippen LogP contribution in [0.4, 0.5) is 0 Å². The summed E-state index contributed by atoms with van der Waals surface area (Å²) in [5, 5.41) is 0. The van der Waals surface area contributed by atoms with Crippen LogP contribution in [0.1, 0.15) is 24.0 Å². The second kappa shape index (κ2) is 7.85. The summed E-state index contributed by atoms with van der Waals surface area (Å²) in [4.78, 5) is 16.9. The van der Waals surface area contributed by atoms with E-state index in [1.165, 1.54) is 5.56 Å². The van der Waals surface area contributed by atoms with Crippen molar-refractivity contribution in [2.45, 2.75) is 37.9 Å². The van der Waals surface area contributed by atoms with Gasteiger partial charge in [-0.1, -0.05) is 29.8 Å². The van der Waals surface area contributed by atoms with Crippen LogP contribution in [-0.4, -0.2) is 74.4 Å². The smallest absolute Gasteiger partial charge is 0.227 e. The average molecular weight is 346 g/mol. The number of hydrogen-bond donors (Lipinski definition) is 0. The molecule has 2 heterocycles. The van der Waals surface area contributed by atoms with Crippen LogP contribution in [0.2, 0.25) is 0 Å². The zero-order valence-corrected chi connectivity index (χ0v) is 15.7. The molecule has 2 saturated heterocycles. The van der Waals surface area contributed by atoms with Gasteiger partial charge in [0, 0.05) is 13.1 Å². The lowest BCUT2D eigenvalue weighted by molar-refractivity contribution is -0.135. The molecule has 25 heavy (non-hydrogen) atoms. The van der Waals surface area contributed by atoms with Crippen molar-refractivity contribution in [2.24, 2.45) is 0 Å². The largest absolute Gasteiger partial charge is 0.377 e. The van der Waals surface area contributed by atoms with Gasteiger partial charge in [0.25, 0.3) is 0 Å². The maximum atomic E-state index is 12.8. The summed E-state index contributed by atoms with van der Waals surface area (Å²) in [6.45, 7) is 5.44. The summed E-state index contributed by atoms with van der Waals surface area (Å²) in [5.74, 6) is 0.161. The van der Waals surface area contributed by atoms with E-state index < -0.39 is 0 Å². The zero-order valence-electron chi connectivity index (χ0n) is 15.7. The first-order valence-corrected chi connectivity index (χ1v) is 9.19. The molecule has 0 aromatic heterocycles. The molecular formula is C20H30N2O3. The highest BCUT2D eigenvalue weighted by atomic mass is 16.6. The molecule has 2 atom stereocenters. The fourth-order valence-corrected chi connectivity index (χ4v) is 3.76. The first-order chi connectivity index (χ1) is 12.0. The quantitative estimate of drug-likeness (QED) is 0.835. The second-order valence-corrected chi connectivity index (χ2v) is 7.75. The van der Waals surface area contributed by atoms with Gasteiger partial charge in [-0.3, -0.25) is 4.79 Å². The number of rotatable bonds is 4. The second-order valence-electron chi connectivity index (χ2n) is 7.75. The van der Waals surface area contributed by atoms with Crippen LogP contribution >= 0.6 is 0 Å². The summed E-state index contributed by atoms with van der Waals surface area (Å²) >= 11 is 0. The lowest BCUT2D eigenvalue weighted by Gasteiger charge is -2.32. The third kappa shape index (κ3) is 4.81. The van der Waals surface area contributed by atoms with E-state index in [-0.39, 0.29) is 17.6 Å². The van der Waals surface area contributed by atoms with Crippen LogP contribution in [0.15, 0.2) is 24.3 Å². The molecule has 0 aliphatic carbocycles. The maximum absolute atomic E-state index is 12.8. The number of ether oxygens (including phenoxy) is 2. The Balaban J connectivity index is 1.63. The summed E-state index contributed by atoms with van der Waals surface area (Å²) in [6.07, 6.45) is 2.66. The molecule has 0 radical (unpaired) electrons. The molecule has 3 rings (SSSR count). The molecule has 5 heteroatoms. The molecule has 0 saturated carbocycles. The number of carbonyl (C=O) groups excluding carboxylic acids is 1. The third-order valence-electron chi connectivity index (χ3n) is 5.09. The van der Waals surface area contributed by atoms with Gasteiger partial charge in [-0.2, -0.15) is 0 Å². The number of likely N-dealkylation sites (N-methyl/N-ethyl adjacent to an activating group) is 1. The minimum atomic E-state index is -0.333. The van der Waals surface area contributed by atoms with E-state index in [4.69, 9.17) is 9.47 Å². The lowest BCUT2D eigenvalue weighted by Crippen LogP contribution is -2.47. The van der Waals surface area contributed by atoms with Gasteiger partial charge in [0.05, 0.1) is 32.3 Å². The average Bonchev–Trinajstić information content (AvgIpc) is 2.81. The Labute approximate surface area is 150 Å². The van der Waals surface area contributed by atoms with Crippen molar-refractivity contribution < 1.29 is 14.3 Å². The summed E-state index contributed by atoms with van der Waals surface area (Å²) in [6, 6.07) is 8.19. The third-order valence-corrected chi connectivity index (χ3v) is 5.09. The fraction of sp³-hybridized carbons (Fsp3) is 0.650. The Morgan fingerprint density at radius 2 is 2.08 bits per heavy atom. The van der Waals surface area contributed by atoms with Crippen molar-refractivity contribution in [3.8, 4) is 0 Å². The van der Waals surface area contributed by atoms with Crippen molar-refractivity contribution in [3.63, 3.8) is 0 Å². The molecule has 0 bridgehead atoms. The van der Waals surface area contributed by atoms with Crippen LogP contribution in [0.25, 0.3) is 0 Å². The molecule has 2 aliphatic rings. The summed E-state index contributed by atoms with van der Waals surface area (Å²) < 4.78 is 12.2. The number of amides is 1. The number of carbonyl (C=O) groups is 1. The molecule has 2 aliphatic heterocycles. The van der Waals surface area contributed by atoms with E-state index in [0.717, 1.165) is 24.9 Å². The molecule has 1 aromatic rings. The molecule has 0 N–H and O–H groups in total. The summed E-state index contributed by atoms with van der Waals surface area (Å²) in [5.41, 5.74) is 1.94. The van der Waals surface area contributed by atoms with Crippen molar-refractivity contribution in [1.29, 1.82) is 0 Å². The van der Waals surface area contributed by atoms with Gasteiger partial charge >= 0.3 is 0 Å². The minimum Gasteiger partial charge on any atom is -0.377 e. The van der Waals surface area contributed by atoms with Gasteiger partial charge in [-0.25, -0.2) is 0 Å². The predicted molar refractivity (Wildman–Crippen MR) is 97.7 cm³/mol. The molecule has 1 spiro atoms. The van der Waals surface area contributed by atoms with Crippen LogP contribution in [-0.2, 0) is 20.7 Å². The molecular weight excluding hydrogens is 316 g/mol. The maximum Gasteiger partial charge on any atom is 0.227 e. The van der Waals surface area contributed by atoms with Gasteiger partial charge in [0.2, 0.25) is 5.91 Å². The van der Waals surface area contributed by atoms with Crippen LogP contribution in [0.5, 0.6) is 0 Å². The molecule has 1 amide bonds. The SMILES string of the molecule is Cc1ccc(CC(=O)N2CCOC[C@]3(CC[C@H](CN(C)C)O3)C2)cc1. The predicted octanol–water partition coefficient (Wildman–Crippen LogP) is 1.88. The van der Waals surface area contributed by atoms with E-state index in [1.807, 2.05) is 17.0 Å². The molecule has 5 nitrogen and oxygen atoms in total. The van der Waals surface area contributed by atoms with Gasteiger partial charge in [0.1, 0.15) is 5.60 Å². The number of nitrogens with zero attached hydrogens (tertiary/aromatic N) is 2. The Morgan fingerprint density at radius 3 is 2.80 bits per heavy atom. The van der Waals surface area contributed by atoms with Gasteiger partial charge in [-0.15, -0.1) is 0 Å². The molecule has 1 aromatic carbocycles. The van der Waals surface area contributed by atoms with Gasteiger partial charge in [-0.05, 0) is 39.4 Å². The number of aryl methyl sites for hydroxylation is 1. The summed E-state index contributed by atoms with van der Waals surface area (Å²) in [7, 11) is 4.13. The first-order valence-electron chi connectivity index (χ1n) is 9.19. The Hall–Kier alpha value is -1.43. The highest BCUT2D eigenvalue weighted by molar-refractivity contribution is 5.79. The molecule has 2 fully saturated rings. The highest BCUT2D eigenvalue weighted by Crippen LogP contribution is 2.33. The van der Waals surface area contributed by atoms with E-state index in [9.17, 15) is 4.79 Å². The monoisotopic (exact) mass is 346 g/mol. The standard InChI is InChI=1S/C20H30N2O3/c1-16-4-6-17(7-5-16)12-19(23)22-10-11-24-15-20(14-22)9-8-18(25-20)13-21(2)3/h4-7,18H,8-15H2,1-3H3/t18-,20+/m1/s1. The van der Waals surface area contributed by atoms with Crippen LogP contribution < -0.4 is 0 Å². The van der Waals surface area contributed by atoms with Crippen LogP contribution in [0.3, 0.4) is 0 Å². The Bertz CT molecular complexity index is 587. The van der Waals surface area contributed by atoms with Crippen LogP contribution in [0, 0.1) is 6.92 Å². The molecule has 0 unspecified atom stereocenters. The van der Waals surface area contributed by atoms with E-state index in [0.29, 0.717) is 32.7 Å². The van der Waals surface area contributed by atoms with Crippen molar-refractivity contribution in [3.05, 3.63) is 35.4 Å². The molecule has 138 valence electrons. The first kappa shape index (κ1) is 18.4. The lowest BCUT2D eigenvalue weighted by atomic mass is 9.99. The number of hydrogen-bond acceptors (Lipinski definition) is 4.